The molecule has 8 nitrogen and oxygen atoms in total. The molecule has 168 valence electrons. The number of benzene rings is 3. The first-order chi connectivity index (χ1) is 15.9. The average molecular weight is 444 g/mol. The quantitative estimate of drug-likeness (QED) is 0.402. The van der Waals surface area contributed by atoms with E-state index in [-0.39, 0.29) is 29.7 Å². The van der Waals surface area contributed by atoms with Gasteiger partial charge in [0.1, 0.15) is 22.5 Å². The minimum Gasteiger partial charge on any atom is -0.505 e. The fraction of sp³-hybridized carbons (Fsp3) is 0.200. The van der Waals surface area contributed by atoms with Crippen molar-refractivity contribution < 1.29 is 14.7 Å². The number of phenols is 1. The van der Waals surface area contributed by atoms with E-state index in [1.165, 1.54) is 10.9 Å². The maximum atomic E-state index is 12.7. The Balaban J connectivity index is 1.67. The molecule has 1 heterocycles. The Morgan fingerprint density at radius 3 is 2.33 bits per heavy atom. The summed E-state index contributed by atoms with van der Waals surface area (Å²) in [7, 11) is 0. The molecule has 0 bridgehead atoms. The predicted octanol–water partition coefficient (Wildman–Crippen LogP) is 3.67. The van der Waals surface area contributed by atoms with Crippen molar-refractivity contribution in [2.75, 3.05) is 0 Å². The normalized spacial score (nSPS) is 11.9. The van der Waals surface area contributed by atoms with Crippen LogP contribution >= 0.6 is 0 Å². The molecule has 33 heavy (non-hydrogen) atoms. The largest absolute Gasteiger partial charge is 0.505 e. The minimum absolute atomic E-state index is 0.00598. The Morgan fingerprint density at radius 1 is 1.03 bits per heavy atom. The van der Waals surface area contributed by atoms with Gasteiger partial charge < -0.3 is 16.2 Å². The van der Waals surface area contributed by atoms with Crippen molar-refractivity contribution in [1.82, 2.24) is 20.3 Å². The monoisotopic (exact) mass is 443 g/mol. The van der Waals surface area contributed by atoms with Gasteiger partial charge >= 0.3 is 0 Å². The van der Waals surface area contributed by atoms with Crippen LogP contribution in [-0.4, -0.2) is 31.9 Å². The maximum Gasteiger partial charge on any atom is 0.251 e. The molecule has 1 unspecified atom stereocenters. The third-order valence-electron chi connectivity index (χ3n) is 5.72. The molecule has 8 heteroatoms. The lowest BCUT2D eigenvalue weighted by Gasteiger charge is -2.16. The number of nitrogens with two attached hydrogens (primary N) is 1. The molecule has 0 spiro atoms. The molecule has 4 rings (SSSR count). The van der Waals surface area contributed by atoms with E-state index in [0.29, 0.717) is 16.8 Å². The van der Waals surface area contributed by atoms with Crippen molar-refractivity contribution in [3.05, 3.63) is 82.9 Å². The fourth-order valence-electron chi connectivity index (χ4n) is 3.57. The highest BCUT2D eigenvalue weighted by Gasteiger charge is 2.18. The van der Waals surface area contributed by atoms with Crippen molar-refractivity contribution >= 4 is 22.8 Å². The van der Waals surface area contributed by atoms with Gasteiger partial charge in [-0.1, -0.05) is 32.0 Å². The van der Waals surface area contributed by atoms with E-state index in [4.69, 9.17) is 5.73 Å². The number of nitrogens with zero attached hydrogens (tertiary/aromatic N) is 3. The zero-order chi connectivity index (χ0) is 23.5. The van der Waals surface area contributed by atoms with Crippen LogP contribution in [-0.2, 0) is 6.54 Å². The van der Waals surface area contributed by atoms with Gasteiger partial charge in [-0.2, -0.15) is 0 Å². The zero-order valence-electron chi connectivity index (χ0n) is 18.4. The highest BCUT2D eigenvalue weighted by molar-refractivity contribution is 5.99. The molecular formula is C25H25N5O3. The van der Waals surface area contributed by atoms with Gasteiger partial charge in [-0.25, -0.2) is 0 Å². The van der Waals surface area contributed by atoms with Crippen molar-refractivity contribution in [2.24, 2.45) is 5.73 Å². The van der Waals surface area contributed by atoms with E-state index in [2.05, 4.69) is 29.4 Å². The van der Waals surface area contributed by atoms with E-state index in [1.807, 2.05) is 36.4 Å². The molecule has 0 aliphatic rings. The summed E-state index contributed by atoms with van der Waals surface area (Å²) in [5.41, 5.74) is 9.30. The highest BCUT2D eigenvalue weighted by atomic mass is 16.3. The van der Waals surface area contributed by atoms with Gasteiger partial charge in [0.15, 0.2) is 0 Å². The number of nitrogens with one attached hydrogen (secondary N) is 1. The Morgan fingerprint density at radius 2 is 1.70 bits per heavy atom. The first-order valence-corrected chi connectivity index (χ1v) is 10.7. The molecule has 2 amide bonds. The Labute approximate surface area is 191 Å². The SMILES string of the molecule is CCC(C)c1cc(CNC(=O)c2cccc(C(N)=O)c2)c(O)c(-n2nc3ccccc3n2)c1. The van der Waals surface area contributed by atoms with E-state index < -0.39 is 5.91 Å². The van der Waals surface area contributed by atoms with E-state index in [1.54, 1.807) is 18.2 Å². The molecule has 4 N–H and O–H groups in total. The van der Waals surface area contributed by atoms with E-state index >= 15 is 0 Å². The molecule has 0 fully saturated rings. The van der Waals surface area contributed by atoms with Crippen LogP contribution in [0.2, 0.25) is 0 Å². The summed E-state index contributed by atoms with van der Waals surface area (Å²) in [5.74, 6) is -0.757. The van der Waals surface area contributed by atoms with Gasteiger partial charge in [0.2, 0.25) is 5.91 Å². The molecule has 3 aromatic carbocycles. The number of primary amides is 1. The number of phenolic OH excluding ortho intramolecular Hbond substituents is 1. The van der Waals surface area contributed by atoms with Gasteiger partial charge in [-0.3, -0.25) is 9.59 Å². The second kappa shape index (κ2) is 9.12. The van der Waals surface area contributed by atoms with Crippen LogP contribution in [0.5, 0.6) is 5.75 Å². The first kappa shape index (κ1) is 22.0. The van der Waals surface area contributed by atoms with Crippen LogP contribution < -0.4 is 11.1 Å². The molecule has 1 atom stereocenters. The number of aromatic hydroxyl groups is 1. The zero-order valence-corrected chi connectivity index (χ0v) is 18.4. The van der Waals surface area contributed by atoms with Crippen LogP contribution in [0.1, 0.15) is 58.0 Å². The van der Waals surface area contributed by atoms with Crippen molar-refractivity contribution in [1.29, 1.82) is 0 Å². The van der Waals surface area contributed by atoms with Gasteiger partial charge in [0, 0.05) is 23.2 Å². The number of aromatic nitrogens is 3. The number of fused-ring (bicyclic) bond motifs is 1. The van der Waals surface area contributed by atoms with E-state index in [0.717, 1.165) is 23.0 Å². The van der Waals surface area contributed by atoms with Gasteiger partial charge in [-0.05, 0) is 60.4 Å². The van der Waals surface area contributed by atoms with Crippen LogP contribution in [0.25, 0.3) is 16.7 Å². The van der Waals surface area contributed by atoms with Gasteiger partial charge in [-0.15, -0.1) is 15.0 Å². The summed E-state index contributed by atoms with van der Waals surface area (Å²) >= 11 is 0. The molecule has 4 aromatic rings. The topological polar surface area (TPSA) is 123 Å². The average Bonchev–Trinajstić information content (AvgIpc) is 3.26. The third kappa shape index (κ3) is 4.55. The molecule has 0 saturated carbocycles. The summed E-state index contributed by atoms with van der Waals surface area (Å²) in [6.07, 6.45) is 0.907. The fourth-order valence-corrected chi connectivity index (χ4v) is 3.57. The van der Waals surface area contributed by atoms with Crippen LogP contribution in [0.4, 0.5) is 0 Å². The second-order valence-electron chi connectivity index (χ2n) is 7.96. The van der Waals surface area contributed by atoms with Crippen LogP contribution in [0.3, 0.4) is 0 Å². The van der Waals surface area contributed by atoms with Crippen molar-refractivity contribution in [3.8, 4) is 11.4 Å². The van der Waals surface area contributed by atoms with Gasteiger partial charge in [0.25, 0.3) is 5.91 Å². The van der Waals surface area contributed by atoms with Gasteiger partial charge in [0.05, 0.1) is 0 Å². The maximum absolute atomic E-state index is 12.7. The number of hydrogen-bond acceptors (Lipinski definition) is 5. The Hall–Kier alpha value is -4.20. The number of carbonyl (C=O) groups excluding carboxylic acids is 2. The highest BCUT2D eigenvalue weighted by Crippen LogP contribution is 2.32. The molecular weight excluding hydrogens is 418 g/mol. The Kier molecular flexibility index (Phi) is 6.08. The summed E-state index contributed by atoms with van der Waals surface area (Å²) in [4.78, 5) is 25.5. The lowest BCUT2D eigenvalue weighted by Crippen LogP contribution is -2.24. The summed E-state index contributed by atoms with van der Waals surface area (Å²) < 4.78 is 0. The first-order valence-electron chi connectivity index (χ1n) is 10.7. The summed E-state index contributed by atoms with van der Waals surface area (Å²) in [6, 6.07) is 17.4. The standard InChI is InChI=1S/C25H25N5O3/c1-3-15(2)18-12-19(14-27-25(33)17-8-6-7-16(11-17)24(26)32)23(31)22(13-18)30-28-20-9-4-5-10-21(20)29-30/h4-13,15,31H,3,14H2,1-2H3,(H2,26,32)(H,27,33). The molecule has 1 aromatic heterocycles. The lowest BCUT2D eigenvalue weighted by molar-refractivity contribution is 0.0950. The summed E-state index contributed by atoms with van der Waals surface area (Å²) in [6.45, 7) is 4.27. The van der Waals surface area contributed by atoms with Crippen molar-refractivity contribution in [3.63, 3.8) is 0 Å². The molecule has 0 radical (unpaired) electrons. The number of rotatable bonds is 7. The number of carbonyl (C=O) groups is 2. The number of amides is 2. The predicted molar refractivity (Wildman–Crippen MR) is 125 cm³/mol. The minimum atomic E-state index is -0.604. The second-order valence-corrected chi connectivity index (χ2v) is 7.96. The summed E-state index contributed by atoms with van der Waals surface area (Å²) in [5, 5.41) is 22.8. The molecule has 0 saturated heterocycles. The van der Waals surface area contributed by atoms with E-state index in [9.17, 15) is 14.7 Å². The van der Waals surface area contributed by atoms with Crippen LogP contribution in [0, 0.1) is 0 Å². The number of hydrogen-bond donors (Lipinski definition) is 3. The van der Waals surface area contributed by atoms with Crippen molar-refractivity contribution in [2.45, 2.75) is 32.7 Å². The third-order valence-corrected chi connectivity index (χ3v) is 5.72. The Bertz CT molecular complexity index is 1310. The molecule has 0 aliphatic carbocycles. The lowest BCUT2D eigenvalue weighted by atomic mass is 9.95. The molecule has 0 aliphatic heterocycles. The smallest absolute Gasteiger partial charge is 0.251 e. The van der Waals surface area contributed by atoms with Crippen LogP contribution in [0.15, 0.2) is 60.7 Å².